The predicted octanol–water partition coefficient (Wildman–Crippen LogP) is 14.8. The van der Waals surface area contributed by atoms with Gasteiger partial charge in [-0.2, -0.15) is 0 Å². The smallest absolute Gasteiger partial charge is 0.148 e. The molecule has 0 bridgehead atoms. The van der Waals surface area contributed by atoms with Crippen molar-refractivity contribution < 1.29 is 26.2 Å². The fraction of sp³-hybridized carbons (Fsp3) is 0.214. The van der Waals surface area contributed by atoms with Crippen LogP contribution in [0.3, 0.4) is 0 Å². The first kappa shape index (κ1) is 41.9. The Bertz CT molecular complexity index is 3100. The van der Waals surface area contributed by atoms with Gasteiger partial charge in [0.2, 0.25) is 0 Å². The number of rotatable bonds is 5. The molecule has 2 aromatic heterocycles. The molecule has 0 atom stereocenters. The molecule has 0 fully saturated rings. The zero-order valence-electron chi connectivity index (χ0n) is 36.5. The van der Waals surface area contributed by atoms with Gasteiger partial charge in [0, 0.05) is 44.2 Å². The number of phenolic OH excluding ortho intramolecular Hbond substituents is 1. The van der Waals surface area contributed by atoms with Crippen LogP contribution in [-0.4, -0.2) is 19.6 Å². The maximum atomic E-state index is 12.4. The summed E-state index contributed by atoms with van der Waals surface area (Å²) in [7, 11) is 0. The Kier molecular flexibility index (Phi) is 10.7. The standard InChI is InChI=1S/C56H52N3O.Pt/c1-54(2,3)41-29-39(28-40(30-41)49-31-38(26-27-57-49)35-16-11-10-12-17-35)45-20-15-21-50-51(45)58-53(47-32-42(55(4,5)6)33-48(52(47)60)56(7,8)9)59(50)43-25-24-37-23-22-36-18-13-14-19-44(36)46(37)34-43;/h10-27,29-34,60H,1-9H3;/q-1;. The molecule has 0 aliphatic rings. The minimum Gasteiger partial charge on any atom is -0.507 e. The topological polar surface area (TPSA) is 50.9 Å². The molecule has 0 amide bonds. The molecule has 0 unspecified atom stereocenters. The van der Waals surface area contributed by atoms with Crippen LogP contribution in [0.1, 0.15) is 79.0 Å². The van der Waals surface area contributed by atoms with Crippen molar-refractivity contribution >= 4 is 32.6 Å². The van der Waals surface area contributed by atoms with Crippen LogP contribution >= 0.6 is 0 Å². The quantitative estimate of drug-likeness (QED) is 0.138. The molecule has 1 N–H and O–H groups in total. The van der Waals surface area contributed by atoms with Crippen molar-refractivity contribution in [2.75, 3.05) is 0 Å². The van der Waals surface area contributed by atoms with Gasteiger partial charge in [-0.25, -0.2) is 4.98 Å². The number of pyridine rings is 1. The van der Waals surface area contributed by atoms with Gasteiger partial charge >= 0.3 is 0 Å². The minimum atomic E-state index is -0.311. The van der Waals surface area contributed by atoms with Gasteiger partial charge in [-0.15, -0.1) is 29.3 Å². The number of aromatic nitrogens is 3. The summed E-state index contributed by atoms with van der Waals surface area (Å²) < 4.78 is 2.24. The van der Waals surface area contributed by atoms with Gasteiger partial charge in [0.05, 0.1) is 16.6 Å². The average Bonchev–Trinajstić information content (AvgIpc) is 3.62. The molecule has 9 aromatic rings. The van der Waals surface area contributed by atoms with Crippen LogP contribution in [0, 0.1) is 6.07 Å². The molecule has 9 rings (SSSR count). The third kappa shape index (κ3) is 7.84. The summed E-state index contributed by atoms with van der Waals surface area (Å²) in [5.41, 5.74) is 12.0. The molecule has 0 aliphatic heterocycles. The Labute approximate surface area is 374 Å². The Hall–Kier alpha value is -5.83. The van der Waals surface area contributed by atoms with Crippen molar-refractivity contribution in [1.82, 2.24) is 14.5 Å². The van der Waals surface area contributed by atoms with E-state index in [4.69, 9.17) is 9.97 Å². The third-order valence-electron chi connectivity index (χ3n) is 11.9. The Morgan fingerprint density at radius 1 is 0.541 bits per heavy atom. The number of aromatic hydroxyl groups is 1. The van der Waals surface area contributed by atoms with Crippen molar-refractivity contribution in [1.29, 1.82) is 0 Å². The molecule has 0 aliphatic carbocycles. The van der Waals surface area contributed by atoms with Crippen LogP contribution < -0.4 is 0 Å². The number of imidazole rings is 1. The molecule has 5 heteroatoms. The van der Waals surface area contributed by atoms with E-state index in [2.05, 4.69) is 206 Å². The van der Waals surface area contributed by atoms with Gasteiger partial charge in [-0.1, -0.05) is 171 Å². The van der Waals surface area contributed by atoms with Gasteiger partial charge in [-0.3, -0.25) is 9.55 Å². The number of phenols is 1. The Balaban J connectivity index is 0.00000514. The first-order chi connectivity index (χ1) is 28.5. The van der Waals surface area contributed by atoms with Crippen molar-refractivity contribution in [3.05, 3.63) is 168 Å². The predicted molar refractivity (Wildman–Crippen MR) is 252 cm³/mol. The Morgan fingerprint density at radius 2 is 1.20 bits per heavy atom. The fourth-order valence-electron chi connectivity index (χ4n) is 8.37. The third-order valence-corrected chi connectivity index (χ3v) is 11.9. The summed E-state index contributed by atoms with van der Waals surface area (Å²) in [6.07, 6.45) is 1.89. The molecule has 308 valence electrons. The maximum Gasteiger partial charge on any atom is 0.148 e. The fourth-order valence-corrected chi connectivity index (χ4v) is 8.37. The zero-order chi connectivity index (χ0) is 42.1. The van der Waals surface area contributed by atoms with Crippen LogP contribution in [0.15, 0.2) is 146 Å². The van der Waals surface area contributed by atoms with E-state index in [0.717, 1.165) is 61.4 Å². The normalized spacial score (nSPS) is 12.3. The number of hydrogen-bond acceptors (Lipinski definition) is 3. The molecule has 7 aromatic carbocycles. The molecule has 61 heavy (non-hydrogen) atoms. The van der Waals surface area contributed by atoms with Crippen molar-refractivity contribution in [3.63, 3.8) is 0 Å². The van der Waals surface area contributed by atoms with E-state index >= 15 is 0 Å². The van der Waals surface area contributed by atoms with E-state index in [1.165, 1.54) is 27.1 Å². The van der Waals surface area contributed by atoms with Crippen LogP contribution in [0.4, 0.5) is 0 Å². The van der Waals surface area contributed by atoms with E-state index in [0.29, 0.717) is 11.4 Å². The van der Waals surface area contributed by atoms with Gasteiger partial charge in [0.1, 0.15) is 11.6 Å². The molecular weight excluding hydrogens is 926 g/mol. The molecule has 2 heterocycles. The number of fused-ring (bicyclic) bond motifs is 4. The zero-order valence-corrected chi connectivity index (χ0v) is 38.7. The van der Waals surface area contributed by atoms with Crippen LogP contribution in [0.2, 0.25) is 0 Å². The molecule has 4 nitrogen and oxygen atoms in total. The van der Waals surface area contributed by atoms with Gasteiger partial charge < -0.3 is 5.11 Å². The van der Waals surface area contributed by atoms with Crippen LogP contribution in [-0.2, 0) is 37.3 Å². The Morgan fingerprint density at radius 3 is 1.92 bits per heavy atom. The van der Waals surface area contributed by atoms with Gasteiger partial charge in [-0.05, 0) is 84.8 Å². The largest absolute Gasteiger partial charge is 0.507 e. The summed E-state index contributed by atoms with van der Waals surface area (Å²) in [5.74, 6) is 0.948. The second-order valence-corrected chi connectivity index (χ2v) is 19.3. The van der Waals surface area contributed by atoms with E-state index in [9.17, 15) is 5.11 Å². The molecule has 0 spiro atoms. The van der Waals surface area contributed by atoms with Crippen molar-refractivity contribution in [3.8, 4) is 56.3 Å². The summed E-state index contributed by atoms with van der Waals surface area (Å²) in [4.78, 5) is 10.5. The van der Waals surface area contributed by atoms with E-state index < -0.39 is 0 Å². The minimum absolute atomic E-state index is 0. The van der Waals surface area contributed by atoms with E-state index in [1.54, 1.807) is 0 Å². The molecule has 0 saturated heterocycles. The first-order valence-electron chi connectivity index (χ1n) is 21.0. The van der Waals surface area contributed by atoms with E-state index in [-0.39, 0.29) is 43.1 Å². The van der Waals surface area contributed by atoms with Crippen LogP contribution in [0.25, 0.3) is 83.2 Å². The first-order valence-corrected chi connectivity index (χ1v) is 21.0. The second-order valence-electron chi connectivity index (χ2n) is 19.3. The van der Waals surface area contributed by atoms with E-state index in [1.807, 2.05) is 12.3 Å². The van der Waals surface area contributed by atoms with Crippen molar-refractivity contribution in [2.24, 2.45) is 0 Å². The van der Waals surface area contributed by atoms with Crippen molar-refractivity contribution in [2.45, 2.75) is 78.6 Å². The monoisotopic (exact) mass is 977 g/mol. The number of benzene rings is 7. The number of hydrogen-bond donors (Lipinski definition) is 1. The molecule has 0 saturated carbocycles. The number of para-hydroxylation sites is 1. The van der Waals surface area contributed by atoms with Gasteiger partial charge in [0.15, 0.2) is 0 Å². The maximum absolute atomic E-state index is 12.4. The summed E-state index contributed by atoms with van der Waals surface area (Å²) >= 11 is 0. The summed E-state index contributed by atoms with van der Waals surface area (Å²) in [6.45, 7) is 19.9. The molecular formula is C56H52N3OPt-. The average molecular weight is 978 g/mol. The summed E-state index contributed by atoms with van der Waals surface area (Å²) in [6, 6.07) is 53.3. The second kappa shape index (κ2) is 15.6. The molecule has 0 radical (unpaired) electrons. The number of nitrogens with zero attached hydrogens (tertiary/aromatic N) is 3. The van der Waals surface area contributed by atoms with Gasteiger partial charge in [0.25, 0.3) is 0 Å². The summed E-state index contributed by atoms with van der Waals surface area (Å²) in [5, 5.41) is 17.1. The van der Waals surface area contributed by atoms with Crippen LogP contribution in [0.5, 0.6) is 5.75 Å². The SMILES string of the molecule is CC(C)(C)c1cc(-c2cc(-c3ccccc3)ccn2)[c-]c(-c2cccc3c2nc(-c2cc(C(C)(C)C)cc(C(C)(C)C)c2O)n3-c2ccc3ccc4ccccc4c3c2)c1.[Pt].